The molecule has 0 aliphatic carbocycles. The van der Waals surface area contributed by atoms with E-state index < -0.39 is 0 Å². The number of amides is 1. The van der Waals surface area contributed by atoms with Gasteiger partial charge in [-0.05, 0) is 17.8 Å². The molecule has 7 nitrogen and oxygen atoms in total. The standard InChI is InChI=1S/C16H26N4O3/c1-16(2,3)11-23-15(22)17-8-12-5-6-20(10-12)13-7-14(21)19(4)18-9-13/h7,9,12H,5-6,8,10-11H2,1-4H3,(H,17,22)/t12-/m0/s1. The molecular formula is C16H26N4O3. The number of hydrogen-bond donors (Lipinski definition) is 1. The van der Waals surface area contributed by atoms with Crippen LogP contribution in [0, 0.1) is 11.3 Å². The summed E-state index contributed by atoms with van der Waals surface area (Å²) >= 11 is 0. The van der Waals surface area contributed by atoms with E-state index in [1.54, 1.807) is 19.3 Å². The summed E-state index contributed by atoms with van der Waals surface area (Å²) in [7, 11) is 1.63. The molecule has 1 fully saturated rings. The molecule has 1 aliphatic heterocycles. The van der Waals surface area contributed by atoms with E-state index in [1.807, 2.05) is 20.8 Å². The highest BCUT2D eigenvalue weighted by Crippen LogP contribution is 2.21. The van der Waals surface area contributed by atoms with E-state index in [9.17, 15) is 9.59 Å². The maximum atomic E-state index is 11.7. The third-order valence-corrected chi connectivity index (χ3v) is 3.78. The predicted octanol–water partition coefficient (Wildman–Crippen LogP) is 1.38. The van der Waals surface area contributed by atoms with Crippen LogP contribution >= 0.6 is 0 Å². The Morgan fingerprint density at radius 1 is 1.48 bits per heavy atom. The summed E-state index contributed by atoms with van der Waals surface area (Å²) in [5, 5.41) is 6.86. The molecule has 1 amide bonds. The topological polar surface area (TPSA) is 76.5 Å². The molecule has 23 heavy (non-hydrogen) atoms. The molecule has 1 N–H and O–H groups in total. The van der Waals surface area contributed by atoms with Crippen molar-refractivity contribution in [2.75, 3.05) is 31.1 Å². The van der Waals surface area contributed by atoms with Crippen LogP contribution in [-0.4, -0.2) is 42.1 Å². The van der Waals surface area contributed by atoms with Crippen LogP contribution in [0.4, 0.5) is 10.5 Å². The van der Waals surface area contributed by atoms with Crippen LogP contribution in [0.1, 0.15) is 27.2 Å². The van der Waals surface area contributed by atoms with Crippen molar-refractivity contribution >= 4 is 11.8 Å². The zero-order chi connectivity index (χ0) is 17.0. The van der Waals surface area contributed by atoms with E-state index in [0.717, 1.165) is 25.2 Å². The lowest BCUT2D eigenvalue weighted by Crippen LogP contribution is -2.33. The van der Waals surface area contributed by atoms with Gasteiger partial charge in [0.15, 0.2) is 0 Å². The van der Waals surface area contributed by atoms with Crippen molar-refractivity contribution in [2.45, 2.75) is 27.2 Å². The Morgan fingerprint density at radius 3 is 2.87 bits per heavy atom. The van der Waals surface area contributed by atoms with Gasteiger partial charge in [-0.1, -0.05) is 20.8 Å². The maximum Gasteiger partial charge on any atom is 0.407 e. The number of aryl methyl sites for hydroxylation is 1. The first-order valence-electron chi connectivity index (χ1n) is 7.93. The molecule has 1 aliphatic rings. The number of alkyl carbamates (subject to hydrolysis) is 1. The minimum atomic E-state index is -0.367. The van der Waals surface area contributed by atoms with Crippen LogP contribution in [0.15, 0.2) is 17.1 Å². The minimum Gasteiger partial charge on any atom is -0.449 e. The van der Waals surface area contributed by atoms with Gasteiger partial charge >= 0.3 is 6.09 Å². The highest BCUT2D eigenvalue weighted by molar-refractivity contribution is 5.67. The Kier molecular flexibility index (Phi) is 5.28. The highest BCUT2D eigenvalue weighted by Gasteiger charge is 2.24. The van der Waals surface area contributed by atoms with Gasteiger partial charge in [0.25, 0.3) is 5.56 Å². The molecule has 1 atom stereocenters. The first-order chi connectivity index (χ1) is 10.7. The first-order valence-corrected chi connectivity index (χ1v) is 7.93. The monoisotopic (exact) mass is 322 g/mol. The molecule has 1 aromatic rings. The Hall–Kier alpha value is -2.05. The molecule has 1 aromatic heterocycles. The van der Waals surface area contributed by atoms with Crippen molar-refractivity contribution in [3.8, 4) is 0 Å². The van der Waals surface area contributed by atoms with E-state index in [-0.39, 0.29) is 17.1 Å². The number of carbonyl (C=O) groups excluding carboxylic acids is 1. The maximum absolute atomic E-state index is 11.7. The number of anilines is 1. The number of rotatable bonds is 4. The van der Waals surface area contributed by atoms with E-state index in [0.29, 0.717) is 19.1 Å². The lowest BCUT2D eigenvalue weighted by Gasteiger charge is -2.19. The minimum absolute atomic E-state index is 0.0337. The largest absolute Gasteiger partial charge is 0.449 e. The van der Waals surface area contributed by atoms with Gasteiger partial charge in [0.1, 0.15) is 0 Å². The molecule has 128 valence electrons. The molecule has 0 saturated carbocycles. The second-order valence-corrected chi connectivity index (χ2v) is 7.29. The lowest BCUT2D eigenvalue weighted by atomic mass is 9.99. The number of ether oxygens (including phenoxy) is 1. The van der Waals surface area contributed by atoms with Gasteiger partial charge in [-0.3, -0.25) is 4.79 Å². The fourth-order valence-corrected chi connectivity index (χ4v) is 2.43. The molecular weight excluding hydrogens is 296 g/mol. The second kappa shape index (κ2) is 7.02. The molecule has 2 rings (SSSR count). The summed E-state index contributed by atoms with van der Waals surface area (Å²) in [6.07, 6.45) is 2.30. The summed E-state index contributed by atoms with van der Waals surface area (Å²) in [5.74, 6) is 0.348. The van der Waals surface area contributed by atoms with Crippen LogP contribution in [0.5, 0.6) is 0 Å². The van der Waals surface area contributed by atoms with Crippen LogP contribution in [0.25, 0.3) is 0 Å². The highest BCUT2D eigenvalue weighted by atomic mass is 16.5. The summed E-state index contributed by atoms with van der Waals surface area (Å²) in [5.41, 5.74) is 0.689. The molecule has 2 heterocycles. The molecule has 7 heteroatoms. The molecule has 0 spiro atoms. The van der Waals surface area contributed by atoms with Gasteiger partial charge < -0.3 is 15.0 Å². The zero-order valence-corrected chi connectivity index (χ0v) is 14.3. The van der Waals surface area contributed by atoms with Gasteiger partial charge in [0.2, 0.25) is 0 Å². The summed E-state index contributed by atoms with van der Waals surface area (Å²) in [6, 6.07) is 1.60. The van der Waals surface area contributed by atoms with Crippen LogP contribution in [-0.2, 0) is 11.8 Å². The van der Waals surface area contributed by atoms with Crippen molar-refractivity contribution < 1.29 is 9.53 Å². The number of aromatic nitrogens is 2. The van der Waals surface area contributed by atoms with Gasteiger partial charge in [0.05, 0.1) is 18.5 Å². The van der Waals surface area contributed by atoms with Crippen molar-refractivity contribution in [3.05, 3.63) is 22.6 Å². The lowest BCUT2D eigenvalue weighted by molar-refractivity contribution is 0.105. The number of nitrogens with zero attached hydrogens (tertiary/aromatic N) is 3. The molecule has 0 radical (unpaired) electrons. The molecule has 0 aromatic carbocycles. The van der Waals surface area contributed by atoms with E-state index >= 15 is 0 Å². The number of nitrogens with one attached hydrogen (secondary N) is 1. The van der Waals surface area contributed by atoms with Gasteiger partial charge in [-0.25, -0.2) is 9.48 Å². The normalized spacial score (nSPS) is 18.1. The van der Waals surface area contributed by atoms with Crippen molar-refractivity contribution in [3.63, 3.8) is 0 Å². The number of carbonyl (C=O) groups is 1. The second-order valence-electron chi connectivity index (χ2n) is 7.29. The fraction of sp³-hybridized carbons (Fsp3) is 0.688. The van der Waals surface area contributed by atoms with Crippen LogP contribution in [0.2, 0.25) is 0 Å². The Labute approximate surface area is 136 Å². The van der Waals surface area contributed by atoms with Crippen LogP contribution in [0.3, 0.4) is 0 Å². The molecule has 0 bridgehead atoms. The van der Waals surface area contributed by atoms with Crippen molar-refractivity contribution in [1.82, 2.24) is 15.1 Å². The fourth-order valence-electron chi connectivity index (χ4n) is 2.43. The summed E-state index contributed by atoms with van der Waals surface area (Å²) < 4.78 is 6.50. The van der Waals surface area contributed by atoms with E-state index in [4.69, 9.17) is 4.74 Å². The van der Waals surface area contributed by atoms with Gasteiger partial charge in [-0.2, -0.15) is 5.10 Å². The smallest absolute Gasteiger partial charge is 0.407 e. The summed E-state index contributed by atoms with van der Waals surface area (Å²) in [4.78, 5) is 25.5. The Balaban J connectivity index is 1.78. The first kappa shape index (κ1) is 17.3. The van der Waals surface area contributed by atoms with Crippen molar-refractivity contribution in [1.29, 1.82) is 0 Å². The number of hydrogen-bond acceptors (Lipinski definition) is 5. The van der Waals surface area contributed by atoms with Crippen LogP contribution < -0.4 is 15.8 Å². The van der Waals surface area contributed by atoms with Gasteiger partial charge in [-0.15, -0.1) is 0 Å². The average Bonchev–Trinajstić information content (AvgIpc) is 2.94. The zero-order valence-electron chi connectivity index (χ0n) is 14.3. The summed E-state index contributed by atoms with van der Waals surface area (Å²) in [6.45, 7) is 8.70. The van der Waals surface area contributed by atoms with Gasteiger partial charge in [0, 0.05) is 32.7 Å². The Morgan fingerprint density at radius 2 is 2.22 bits per heavy atom. The Bertz CT molecular complexity index is 606. The third kappa shape index (κ3) is 5.26. The molecule has 1 saturated heterocycles. The quantitative estimate of drug-likeness (QED) is 0.906. The van der Waals surface area contributed by atoms with E-state index in [2.05, 4.69) is 15.3 Å². The third-order valence-electron chi connectivity index (χ3n) is 3.78. The molecule has 0 unspecified atom stereocenters. The SMILES string of the molecule is Cn1ncc(N2CC[C@@H](CNC(=O)OCC(C)(C)C)C2)cc1=O. The average molecular weight is 322 g/mol. The van der Waals surface area contributed by atoms with Crippen molar-refractivity contribution in [2.24, 2.45) is 18.4 Å². The predicted molar refractivity (Wildman–Crippen MR) is 88.6 cm³/mol. The van der Waals surface area contributed by atoms with E-state index in [1.165, 1.54) is 4.68 Å².